The summed E-state index contributed by atoms with van der Waals surface area (Å²) in [5.74, 6) is 0.961. The summed E-state index contributed by atoms with van der Waals surface area (Å²) in [6, 6.07) is 0. The monoisotopic (exact) mass is 217 g/mol. The third kappa shape index (κ3) is 3.88. The number of hydrogen-bond donors (Lipinski definition) is 2. The Labute approximate surface area is 91.0 Å². The zero-order chi connectivity index (χ0) is 10.4. The summed E-state index contributed by atoms with van der Waals surface area (Å²) in [7, 11) is 0. The maximum Gasteiger partial charge on any atom is 0.220 e. The van der Waals surface area contributed by atoms with Crippen molar-refractivity contribution in [3.05, 3.63) is 0 Å². The van der Waals surface area contributed by atoms with Crippen LogP contribution in [-0.4, -0.2) is 31.4 Å². The summed E-state index contributed by atoms with van der Waals surface area (Å²) < 4.78 is 5.13. The number of thiol groups is 1. The zero-order valence-electron chi connectivity index (χ0n) is 8.71. The third-order valence-corrected chi connectivity index (χ3v) is 3.27. The molecule has 0 atom stereocenters. The van der Waals surface area contributed by atoms with E-state index in [0.29, 0.717) is 26.2 Å². The Morgan fingerprint density at radius 2 is 2.29 bits per heavy atom. The quantitative estimate of drug-likeness (QED) is 0.497. The van der Waals surface area contributed by atoms with Crippen molar-refractivity contribution in [2.24, 2.45) is 5.41 Å². The van der Waals surface area contributed by atoms with E-state index in [1.807, 2.05) is 6.92 Å². The van der Waals surface area contributed by atoms with Crippen molar-refractivity contribution in [3.63, 3.8) is 0 Å². The highest BCUT2D eigenvalue weighted by Crippen LogP contribution is 2.49. The second kappa shape index (κ2) is 5.61. The number of carbonyl (C=O) groups is 1. The van der Waals surface area contributed by atoms with Crippen molar-refractivity contribution in [2.75, 3.05) is 25.5 Å². The second-order valence-corrected chi connectivity index (χ2v) is 4.20. The minimum absolute atomic E-state index is 0.135. The van der Waals surface area contributed by atoms with Crippen LogP contribution in [-0.2, 0) is 9.53 Å². The van der Waals surface area contributed by atoms with Crippen molar-refractivity contribution in [1.82, 2.24) is 5.32 Å². The number of ether oxygens (including phenoxy) is 1. The first-order valence-electron chi connectivity index (χ1n) is 5.18. The molecule has 4 heteroatoms. The fraction of sp³-hybridized carbons (Fsp3) is 0.900. The number of hydrogen-bond acceptors (Lipinski definition) is 3. The smallest absolute Gasteiger partial charge is 0.220 e. The first-order chi connectivity index (χ1) is 6.72. The molecule has 1 N–H and O–H groups in total. The van der Waals surface area contributed by atoms with Gasteiger partial charge >= 0.3 is 0 Å². The molecule has 0 aromatic heterocycles. The van der Waals surface area contributed by atoms with Gasteiger partial charge in [-0.25, -0.2) is 0 Å². The van der Waals surface area contributed by atoms with Crippen LogP contribution in [0, 0.1) is 5.41 Å². The average Bonchev–Trinajstić information content (AvgIpc) is 2.93. The molecular formula is C10H19NO2S. The molecule has 0 unspecified atom stereocenters. The van der Waals surface area contributed by atoms with E-state index in [1.165, 1.54) is 0 Å². The zero-order valence-corrected chi connectivity index (χ0v) is 9.61. The first-order valence-corrected chi connectivity index (χ1v) is 5.81. The summed E-state index contributed by atoms with van der Waals surface area (Å²) in [4.78, 5) is 11.4. The molecule has 1 fully saturated rings. The average molecular weight is 217 g/mol. The predicted octanol–water partition coefficient (Wildman–Crippen LogP) is 1.24. The van der Waals surface area contributed by atoms with Crippen LogP contribution in [0.15, 0.2) is 0 Å². The third-order valence-electron chi connectivity index (χ3n) is 2.60. The first kappa shape index (κ1) is 11.9. The van der Waals surface area contributed by atoms with Gasteiger partial charge in [0.1, 0.15) is 0 Å². The van der Waals surface area contributed by atoms with Gasteiger partial charge in [0.15, 0.2) is 0 Å². The van der Waals surface area contributed by atoms with Crippen LogP contribution in [0.4, 0.5) is 0 Å². The summed E-state index contributed by atoms with van der Waals surface area (Å²) in [5, 5.41) is 2.85. The van der Waals surface area contributed by atoms with E-state index in [-0.39, 0.29) is 11.3 Å². The predicted molar refractivity (Wildman–Crippen MR) is 59.6 cm³/mol. The van der Waals surface area contributed by atoms with E-state index in [9.17, 15) is 4.79 Å². The van der Waals surface area contributed by atoms with Gasteiger partial charge in [-0.1, -0.05) is 0 Å². The highest BCUT2D eigenvalue weighted by atomic mass is 32.1. The van der Waals surface area contributed by atoms with Gasteiger partial charge in [-0.3, -0.25) is 4.79 Å². The van der Waals surface area contributed by atoms with Crippen LogP contribution in [0.25, 0.3) is 0 Å². The topological polar surface area (TPSA) is 38.3 Å². The van der Waals surface area contributed by atoms with Gasteiger partial charge in [0.2, 0.25) is 5.91 Å². The van der Waals surface area contributed by atoms with Crippen molar-refractivity contribution < 1.29 is 9.53 Å². The molecule has 1 saturated carbocycles. The van der Waals surface area contributed by atoms with Crippen molar-refractivity contribution in [2.45, 2.75) is 26.2 Å². The Hall–Kier alpha value is -0.220. The van der Waals surface area contributed by atoms with Crippen molar-refractivity contribution in [1.29, 1.82) is 0 Å². The van der Waals surface area contributed by atoms with Gasteiger partial charge in [0.05, 0.1) is 6.61 Å². The number of nitrogens with one attached hydrogen (secondary N) is 1. The molecule has 1 amide bonds. The maximum absolute atomic E-state index is 11.4. The van der Waals surface area contributed by atoms with Crippen LogP contribution < -0.4 is 5.32 Å². The van der Waals surface area contributed by atoms with Crippen LogP contribution in [0.1, 0.15) is 26.2 Å². The van der Waals surface area contributed by atoms with E-state index in [2.05, 4.69) is 17.9 Å². The minimum atomic E-state index is 0.135. The molecule has 0 aliphatic heterocycles. The Bertz CT molecular complexity index is 193. The molecule has 0 bridgehead atoms. The largest absolute Gasteiger partial charge is 0.380 e. The number of amides is 1. The molecular weight excluding hydrogens is 198 g/mol. The molecule has 0 saturated heterocycles. The lowest BCUT2D eigenvalue weighted by Gasteiger charge is -2.11. The Kier molecular flexibility index (Phi) is 4.75. The lowest BCUT2D eigenvalue weighted by Crippen LogP contribution is -2.29. The normalized spacial score (nSPS) is 17.9. The van der Waals surface area contributed by atoms with Crippen molar-refractivity contribution >= 4 is 18.5 Å². The van der Waals surface area contributed by atoms with E-state index < -0.39 is 0 Å². The van der Waals surface area contributed by atoms with E-state index in [1.54, 1.807) is 0 Å². The lowest BCUT2D eigenvalue weighted by molar-refractivity contribution is -0.122. The highest BCUT2D eigenvalue weighted by Gasteiger charge is 2.42. The molecule has 1 rings (SSSR count). The molecule has 1 aliphatic carbocycles. The van der Waals surface area contributed by atoms with Gasteiger partial charge in [-0.15, -0.1) is 0 Å². The molecule has 0 aromatic carbocycles. The van der Waals surface area contributed by atoms with Gasteiger partial charge < -0.3 is 10.1 Å². The van der Waals surface area contributed by atoms with Crippen LogP contribution in [0.5, 0.6) is 0 Å². The fourth-order valence-electron chi connectivity index (χ4n) is 1.38. The summed E-state index contributed by atoms with van der Waals surface area (Å²) >= 11 is 4.26. The minimum Gasteiger partial charge on any atom is -0.380 e. The fourth-order valence-corrected chi connectivity index (χ4v) is 1.81. The van der Waals surface area contributed by atoms with Crippen LogP contribution in [0.3, 0.4) is 0 Å². The summed E-state index contributed by atoms with van der Waals surface area (Å²) in [5.41, 5.74) is 0.221. The van der Waals surface area contributed by atoms with Crippen molar-refractivity contribution in [3.8, 4) is 0 Å². The molecule has 0 spiro atoms. The summed E-state index contributed by atoms with van der Waals surface area (Å²) in [6.07, 6.45) is 2.92. The Morgan fingerprint density at radius 3 is 2.79 bits per heavy atom. The van der Waals surface area contributed by atoms with E-state index >= 15 is 0 Å². The maximum atomic E-state index is 11.4. The molecule has 3 nitrogen and oxygen atoms in total. The molecule has 1 aliphatic rings. The van der Waals surface area contributed by atoms with Gasteiger partial charge in [-0.05, 0) is 30.9 Å². The lowest BCUT2D eigenvalue weighted by atomic mass is 10.1. The SMILES string of the molecule is CCOCCNC(=O)CC1(CS)CC1. The molecule has 0 radical (unpaired) electrons. The van der Waals surface area contributed by atoms with Crippen LogP contribution in [0.2, 0.25) is 0 Å². The second-order valence-electron chi connectivity index (χ2n) is 3.88. The highest BCUT2D eigenvalue weighted by molar-refractivity contribution is 7.80. The van der Waals surface area contributed by atoms with Gasteiger partial charge in [0.25, 0.3) is 0 Å². The van der Waals surface area contributed by atoms with Crippen LogP contribution >= 0.6 is 12.6 Å². The molecule has 14 heavy (non-hydrogen) atoms. The van der Waals surface area contributed by atoms with E-state index in [0.717, 1.165) is 18.6 Å². The molecule has 0 aromatic rings. The molecule has 82 valence electrons. The number of carbonyl (C=O) groups excluding carboxylic acids is 1. The number of rotatable bonds is 7. The Morgan fingerprint density at radius 1 is 1.57 bits per heavy atom. The molecule has 0 heterocycles. The van der Waals surface area contributed by atoms with Gasteiger partial charge in [0, 0.05) is 19.6 Å². The Balaban J connectivity index is 2.04. The van der Waals surface area contributed by atoms with E-state index in [4.69, 9.17) is 4.74 Å². The van der Waals surface area contributed by atoms with Gasteiger partial charge in [-0.2, -0.15) is 12.6 Å². The summed E-state index contributed by atoms with van der Waals surface area (Å²) in [6.45, 7) is 3.88. The standard InChI is InChI=1S/C10H19NO2S/c1-2-13-6-5-11-9(12)7-10(8-14)3-4-10/h14H,2-8H2,1H3,(H,11,12).